The molecule has 2 heterocycles. The monoisotopic (exact) mass is 359 g/mol. The molecule has 0 atom stereocenters. The van der Waals surface area contributed by atoms with Crippen molar-refractivity contribution in [2.75, 3.05) is 0 Å². The Labute approximate surface area is 145 Å². The molecule has 0 amide bonds. The molecule has 1 N–H and O–H groups in total. The number of hydrogen-bond donors (Lipinski definition) is 1. The summed E-state index contributed by atoms with van der Waals surface area (Å²) in [6.45, 7) is 0. The van der Waals surface area contributed by atoms with Crippen LogP contribution >= 0.6 is 23.1 Å². The number of benzene rings is 1. The summed E-state index contributed by atoms with van der Waals surface area (Å²) in [6.07, 6.45) is 3.13. The Morgan fingerprint density at radius 1 is 1.29 bits per heavy atom. The Morgan fingerprint density at radius 2 is 2.08 bits per heavy atom. The molecule has 8 heteroatoms. The van der Waals surface area contributed by atoms with Crippen molar-refractivity contribution >= 4 is 39.0 Å². The molecule has 24 heavy (non-hydrogen) atoms. The van der Waals surface area contributed by atoms with E-state index in [9.17, 15) is 14.9 Å². The van der Waals surface area contributed by atoms with Gasteiger partial charge >= 0.3 is 0 Å². The number of thiophene rings is 1. The number of thioether (sulfide) groups is 1. The Kier molecular flexibility index (Phi) is 3.85. The number of fused-ring (bicyclic) bond motifs is 3. The highest BCUT2D eigenvalue weighted by molar-refractivity contribution is 7.98. The molecule has 122 valence electrons. The van der Waals surface area contributed by atoms with Crippen LogP contribution in [0.1, 0.15) is 22.7 Å². The van der Waals surface area contributed by atoms with Gasteiger partial charge in [-0.15, -0.1) is 23.1 Å². The first-order valence-corrected chi connectivity index (χ1v) is 9.33. The maximum Gasteiger partial charge on any atom is 0.269 e. The third-order valence-corrected chi connectivity index (χ3v) is 6.26. The summed E-state index contributed by atoms with van der Waals surface area (Å²) in [4.78, 5) is 33.1. The van der Waals surface area contributed by atoms with Gasteiger partial charge in [-0.25, -0.2) is 4.98 Å². The van der Waals surface area contributed by atoms with Crippen LogP contribution in [0.4, 0.5) is 5.69 Å². The molecule has 2 aromatic heterocycles. The van der Waals surface area contributed by atoms with Crippen LogP contribution in [0.5, 0.6) is 0 Å². The second-order valence-corrected chi connectivity index (χ2v) is 7.72. The average Bonchev–Trinajstić information content (AvgIpc) is 3.13. The van der Waals surface area contributed by atoms with E-state index < -0.39 is 4.92 Å². The second-order valence-electron chi connectivity index (χ2n) is 5.59. The van der Waals surface area contributed by atoms with E-state index in [4.69, 9.17) is 0 Å². The lowest BCUT2D eigenvalue weighted by atomic mass is 10.2. The summed E-state index contributed by atoms with van der Waals surface area (Å²) in [5.74, 6) is 1.15. The normalized spacial score (nSPS) is 13.3. The van der Waals surface area contributed by atoms with Crippen molar-refractivity contribution in [2.45, 2.75) is 29.9 Å². The lowest BCUT2D eigenvalue weighted by Crippen LogP contribution is -2.11. The number of nitrogens with zero attached hydrogens (tertiary/aromatic N) is 2. The van der Waals surface area contributed by atoms with Crippen molar-refractivity contribution in [3.05, 3.63) is 61.0 Å². The van der Waals surface area contributed by atoms with Gasteiger partial charge in [0.05, 0.1) is 16.1 Å². The van der Waals surface area contributed by atoms with Gasteiger partial charge < -0.3 is 4.98 Å². The number of non-ortho nitro benzene ring substituents is 1. The van der Waals surface area contributed by atoms with Gasteiger partial charge in [0.15, 0.2) is 0 Å². The van der Waals surface area contributed by atoms with E-state index in [1.807, 2.05) is 0 Å². The van der Waals surface area contributed by atoms with E-state index in [2.05, 4.69) is 9.97 Å². The highest BCUT2D eigenvalue weighted by Crippen LogP contribution is 2.34. The average molecular weight is 359 g/mol. The summed E-state index contributed by atoms with van der Waals surface area (Å²) < 4.78 is 0. The smallest absolute Gasteiger partial charge is 0.269 e. The van der Waals surface area contributed by atoms with E-state index in [-0.39, 0.29) is 11.2 Å². The third-order valence-electron chi connectivity index (χ3n) is 4.05. The first kappa shape index (κ1) is 15.3. The van der Waals surface area contributed by atoms with Crippen molar-refractivity contribution in [2.24, 2.45) is 0 Å². The first-order valence-electron chi connectivity index (χ1n) is 7.52. The highest BCUT2D eigenvalue weighted by atomic mass is 32.2. The molecule has 6 nitrogen and oxygen atoms in total. The molecule has 3 aromatic rings. The molecular weight excluding hydrogens is 346 g/mol. The number of aromatic amines is 1. The van der Waals surface area contributed by atoms with Gasteiger partial charge in [0.2, 0.25) is 0 Å². The summed E-state index contributed by atoms with van der Waals surface area (Å²) >= 11 is 3.12. The summed E-state index contributed by atoms with van der Waals surface area (Å²) in [7, 11) is 0. The van der Waals surface area contributed by atoms with Gasteiger partial charge in [-0.1, -0.05) is 0 Å². The molecule has 0 bridgehead atoms. The van der Waals surface area contributed by atoms with Crippen LogP contribution < -0.4 is 5.56 Å². The fourth-order valence-electron chi connectivity index (χ4n) is 2.93. The van der Waals surface area contributed by atoms with Crippen molar-refractivity contribution in [1.29, 1.82) is 0 Å². The Hall–Kier alpha value is -2.19. The molecule has 1 aliphatic rings. The van der Waals surface area contributed by atoms with E-state index in [1.165, 1.54) is 34.3 Å². The molecule has 1 aromatic carbocycles. The van der Waals surface area contributed by atoms with Crippen molar-refractivity contribution in [3.63, 3.8) is 0 Å². The molecule has 0 aliphatic heterocycles. The number of aryl methyl sites for hydroxylation is 2. The molecule has 0 saturated carbocycles. The molecule has 4 rings (SSSR count). The van der Waals surface area contributed by atoms with E-state index >= 15 is 0 Å². The molecule has 0 radical (unpaired) electrons. The number of nitrogens with one attached hydrogen (secondary N) is 1. The van der Waals surface area contributed by atoms with E-state index in [0.717, 1.165) is 34.4 Å². The molecule has 1 aliphatic carbocycles. The Morgan fingerprint density at radius 3 is 2.83 bits per heavy atom. The van der Waals surface area contributed by atoms with Crippen LogP contribution in [-0.2, 0) is 18.6 Å². The van der Waals surface area contributed by atoms with E-state index in [0.29, 0.717) is 11.6 Å². The lowest BCUT2D eigenvalue weighted by Gasteiger charge is -2.02. The summed E-state index contributed by atoms with van der Waals surface area (Å²) in [5.41, 5.74) is 1.19. The largest absolute Gasteiger partial charge is 0.309 e. The van der Waals surface area contributed by atoms with Gasteiger partial charge in [-0.2, -0.15) is 0 Å². The van der Waals surface area contributed by atoms with Crippen LogP contribution in [0.2, 0.25) is 0 Å². The maximum atomic E-state index is 12.4. The first-order chi connectivity index (χ1) is 11.6. The van der Waals surface area contributed by atoms with Crippen molar-refractivity contribution in [1.82, 2.24) is 9.97 Å². The molecule has 0 spiro atoms. The predicted molar refractivity (Wildman–Crippen MR) is 94.9 cm³/mol. The van der Waals surface area contributed by atoms with Crippen LogP contribution in [0.3, 0.4) is 0 Å². The van der Waals surface area contributed by atoms with Gasteiger partial charge in [0.25, 0.3) is 11.2 Å². The quantitative estimate of drug-likeness (QED) is 0.436. The van der Waals surface area contributed by atoms with Gasteiger partial charge in [0, 0.05) is 21.9 Å². The minimum absolute atomic E-state index is 0.0568. The summed E-state index contributed by atoms with van der Waals surface area (Å²) in [5, 5.41) is 11.4. The number of H-pyrrole nitrogens is 1. The zero-order valence-electron chi connectivity index (χ0n) is 12.6. The van der Waals surface area contributed by atoms with Crippen molar-refractivity contribution in [3.8, 4) is 0 Å². The SMILES string of the molecule is O=c1[nH]c(CSc2ccc([N+](=O)[O-])cc2)nc2sc3c(c12)CCC3. The van der Waals surface area contributed by atoms with Gasteiger partial charge in [-0.3, -0.25) is 14.9 Å². The van der Waals surface area contributed by atoms with Crippen LogP contribution in [0.15, 0.2) is 34.0 Å². The Bertz CT molecular complexity index is 992. The van der Waals surface area contributed by atoms with Gasteiger partial charge in [-0.05, 0) is 37.0 Å². The number of nitro groups is 1. The predicted octanol–water partition coefficient (Wildman–Crippen LogP) is 3.67. The maximum absolute atomic E-state index is 12.4. The standard InChI is InChI=1S/C16H13N3O3S2/c20-15-14-11-2-1-3-12(11)24-16(14)18-13(17-15)8-23-10-6-4-9(5-7-10)19(21)22/h4-7H,1-3,8H2,(H,17,18,20). The van der Waals surface area contributed by atoms with Crippen molar-refractivity contribution < 1.29 is 4.92 Å². The zero-order chi connectivity index (χ0) is 16.7. The molecule has 0 unspecified atom stereocenters. The van der Waals surface area contributed by atoms with Crippen LogP contribution in [0, 0.1) is 10.1 Å². The second kappa shape index (κ2) is 6.03. The molecule has 0 fully saturated rings. The third kappa shape index (κ3) is 2.71. The topological polar surface area (TPSA) is 88.9 Å². The summed E-state index contributed by atoms with van der Waals surface area (Å²) in [6, 6.07) is 6.37. The molecular formula is C16H13N3O3S2. The number of aromatic nitrogens is 2. The molecule has 0 saturated heterocycles. The highest BCUT2D eigenvalue weighted by Gasteiger charge is 2.21. The number of nitro benzene ring substituents is 1. The number of rotatable bonds is 4. The zero-order valence-corrected chi connectivity index (χ0v) is 14.2. The number of hydrogen-bond acceptors (Lipinski definition) is 6. The Balaban J connectivity index is 1.56. The van der Waals surface area contributed by atoms with Crippen LogP contribution in [-0.4, -0.2) is 14.9 Å². The lowest BCUT2D eigenvalue weighted by molar-refractivity contribution is -0.384. The minimum atomic E-state index is -0.419. The fraction of sp³-hybridized carbons (Fsp3) is 0.250. The van der Waals surface area contributed by atoms with Crippen LogP contribution in [0.25, 0.3) is 10.2 Å². The van der Waals surface area contributed by atoms with Gasteiger partial charge in [0.1, 0.15) is 10.7 Å². The minimum Gasteiger partial charge on any atom is -0.309 e. The van der Waals surface area contributed by atoms with E-state index in [1.54, 1.807) is 23.5 Å². The fourth-order valence-corrected chi connectivity index (χ4v) is 4.98.